The molecule has 0 radical (unpaired) electrons. The summed E-state index contributed by atoms with van der Waals surface area (Å²) in [6.45, 7) is 9.49. The Morgan fingerprint density at radius 1 is 1.30 bits per heavy atom. The van der Waals surface area contributed by atoms with E-state index >= 15 is 0 Å². The van der Waals surface area contributed by atoms with Crippen LogP contribution in [0.2, 0.25) is 0 Å². The van der Waals surface area contributed by atoms with Crippen LogP contribution in [0.25, 0.3) is 11.1 Å². The second-order valence-corrected chi connectivity index (χ2v) is 7.17. The number of hydrogen-bond acceptors (Lipinski definition) is 6. The summed E-state index contributed by atoms with van der Waals surface area (Å²) in [5.74, 6) is -0.0172. The molecule has 0 atom stereocenters. The average molecular weight is 368 g/mol. The van der Waals surface area contributed by atoms with Crippen LogP contribution in [-0.2, 0) is 19.6 Å². The van der Waals surface area contributed by atoms with Crippen molar-refractivity contribution in [1.29, 1.82) is 0 Å². The normalized spacial score (nSPS) is 14.2. The smallest absolute Gasteiger partial charge is 0.258 e. The van der Waals surface area contributed by atoms with Crippen molar-refractivity contribution < 1.29 is 9.32 Å². The lowest BCUT2D eigenvalue weighted by Crippen LogP contribution is -2.38. The Morgan fingerprint density at radius 2 is 2.11 bits per heavy atom. The predicted molar refractivity (Wildman–Crippen MR) is 100 cm³/mol. The number of carbonyl (C=O) groups excluding carboxylic acids is 1. The van der Waals surface area contributed by atoms with Crippen molar-refractivity contribution in [2.75, 3.05) is 20.1 Å². The lowest BCUT2D eigenvalue weighted by molar-refractivity contribution is 0.0708. The number of pyridine rings is 1. The second kappa shape index (κ2) is 6.77. The number of aromatic nitrogens is 4. The third-order valence-electron chi connectivity index (χ3n) is 5.08. The highest BCUT2D eigenvalue weighted by molar-refractivity contribution is 6.06. The van der Waals surface area contributed by atoms with Gasteiger partial charge in [-0.25, -0.2) is 4.98 Å². The molecule has 0 bridgehead atoms. The second-order valence-electron chi connectivity index (χ2n) is 7.17. The molecule has 0 N–H and O–H groups in total. The summed E-state index contributed by atoms with van der Waals surface area (Å²) < 4.78 is 7.28. The maximum Gasteiger partial charge on any atom is 0.258 e. The Kier molecular flexibility index (Phi) is 4.43. The molecule has 3 aromatic heterocycles. The van der Waals surface area contributed by atoms with Crippen molar-refractivity contribution in [3.63, 3.8) is 0 Å². The van der Waals surface area contributed by atoms with Crippen LogP contribution in [0.1, 0.15) is 40.1 Å². The molecule has 8 heteroatoms. The molecule has 4 heterocycles. The first-order valence-electron chi connectivity index (χ1n) is 9.23. The molecule has 1 aliphatic rings. The van der Waals surface area contributed by atoms with Crippen molar-refractivity contribution >= 4 is 17.0 Å². The van der Waals surface area contributed by atoms with Gasteiger partial charge in [0.15, 0.2) is 0 Å². The Hall–Kier alpha value is -2.74. The van der Waals surface area contributed by atoms with Crippen LogP contribution in [0.4, 0.5) is 0 Å². The zero-order chi connectivity index (χ0) is 19.1. The van der Waals surface area contributed by atoms with E-state index < -0.39 is 0 Å². The zero-order valence-corrected chi connectivity index (χ0v) is 16.2. The molecule has 142 valence electrons. The SMILES string of the molecule is CCN(C)Cc1cc2n(n1)CCN(C(=O)c1cc(C)nc3onc(C)c13)C2. The van der Waals surface area contributed by atoms with Gasteiger partial charge in [-0.2, -0.15) is 5.10 Å². The molecule has 0 spiro atoms. The van der Waals surface area contributed by atoms with E-state index in [1.807, 2.05) is 29.5 Å². The van der Waals surface area contributed by atoms with E-state index in [0.29, 0.717) is 42.0 Å². The maximum absolute atomic E-state index is 13.2. The van der Waals surface area contributed by atoms with Crippen LogP contribution >= 0.6 is 0 Å². The van der Waals surface area contributed by atoms with Crippen molar-refractivity contribution in [1.82, 2.24) is 29.7 Å². The topological polar surface area (TPSA) is 80.3 Å². The van der Waals surface area contributed by atoms with E-state index in [-0.39, 0.29) is 5.91 Å². The van der Waals surface area contributed by atoms with Crippen LogP contribution < -0.4 is 0 Å². The Bertz CT molecular complexity index is 1010. The molecule has 1 amide bonds. The van der Waals surface area contributed by atoms with E-state index in [9.17, 15) is 4.79 Å². The molecule has 27 heavy (non-hydrogen) atoms. The first-order chi connectivity index (χ1) is 13.0. The van der Waals surface area contributed by atoms with Crippen molar-refractivity contribution in [3.8, 4) is 0 Å². The number of rotatable bonds is 4. The molecule has 0 unspecified atom stereocenters. The molecule has 4 rings (SSSR count). The monoisotopic (exact) mass is 368 g/mol. The van der Waals surface area contributed by atoms with Crippen LogP contribution in [0.15, 0.2) is 16.7 Å². The van der Waals surface area contributed by atoms with E-state index in [1.54, 1.807) is 0 Å². The van der Waals surface area contributed by atoms with Gasteiger partial charge < -0.3 is 14.3 Å². The predicted octanol–water partition coefficient (Wildman–Crippen LogP) is 2.14. The highest BCUT2D eigenvalue weighted by Gasteiger charge is 2.26. The number of aryl methyl sites for hydroxylation is 2. The van der Waals surface area contributed by atoms with Crippen molar-refractivity contribution in [2.24, 2.45) is 0 Å². The van der Waals surface area contributed by atoms with Gasteiger partial charge in [0.05, 0.1) is 41.1 Å². The van der Waals surface area contributed by atoms with Gasteiger partial charge in [0.2, 0.25) is 0 Å². The summed E-state index contributed by atoms with van der Waals surface area (Å²) in [6, 6.07) is 3.92. The lowest BCUT2D eigenvalue weighted by atomic mass is 10.1. The number of hydrogen-bond donors (Lipinski definition) is 0. The molecule has 0 aliphatic carbocycles. The van der Waals surface area contributed by atoms with Gasteiger partial charge in [-0.05, 0) is 39.6 Å². The fraction of sp³-hybridized carbons (Fsp3) is 0.474. The average Bonchev–Trinajstić information content (AvgIpc) is 3.22. The summed E-state index contributed by atoms with van der Waals surface area (Å²) in [5, 5.41) is 9.35. The summed E-state index contributed by atoms with van der Waals surface area (Å²) in [7, 11) is 2.08. The molecule has 0 fully saturated rings. The third kappa shape index (κ3) is 3.21. The molecule has 1 aliphatic heterocycles. The number of amides is 1. The van der Waals surface area contributed by atoms with Gasteiger partial charge in [-0.3, -0.25) is 9.48 Å². The first-order valence-corrected chi connectivity index (χ1v) is 9.23. The zero-order valence-electron chi connectivity index (χ0n) is 16.2. The number of fused-ring (bicyclic) bond motifs is 2. The Labute approximate surface area is 157 Å². The van der Waals surface area contributed by atoms with Gasteiger partial charge in [0.1, 0.15) is 0 Å². The summed E-state index contributed by atoms with van der Waals surface area (Å²) in [4.78, 5) is 21.7. The van der Waals surface area contributed by atoms with Crippen molar-refractivity contribution in [3.05, 3.63) is 40.5 Å². The van der Waals surface area contributed by atoms with Crippen LogP contribution in [0, 0.1) is 13.8 Å². The molecule has 0 saturated heterocycles. The van der Waals surface area contributed by atoms with E-state index in [1.165, 1.54) is 0 Å². The van der Waals surface area contributed by atoms with Crippen LogP contribution in [-0.4, -0.2) is 55.8 Å². The van der Waals surface area contributed by atoms with Crippen LogP contribution in [0.5, 0.6) is 0 Å². The third-order valence-corrected chi connectivity index (χ3v) is 5.08. The molecule has 3 aromatic rings. The Morgan fingerprint density at radius 3 is 2.89 bits per heavy atom. The Balaban J connectivity index is 1.61. The summed E-state index contributed by atoms with van der Waals surface area (Å²) in [6.07, 6.45) is 0. The van der Waals surface area contributed by atoms with E-state index in [2.05, 4.69) is 40.2 Å². The minimum atomic E-state index is -0.0172. The van der Waals surface area contributed by atoms with Gasteiger partial charge in [-0.1, -0.05) is 12.1 Å². The van der Waals surface area contributed by atoms with Gasteiger partial charge in [0.25, 0.3) is 11.6 Å². The molecular weight excluding hydrogens is 344 g/mol. The minimum Gasteiger partial charge on any atom is -0.336 e. The number of nitrogens with zero attached hydrogens (tertiary/aromatic N) is 6. The maximum atomic E-state index is 13.2. The highest BCUT2D eigenvalue weighted by atomic mass is 16.5. The standard InChI is InChI=1S/C19H24N6O2/c1-5-23(4)10-14-9-15-11-24(6-7-25(15)21-14)19(26)16-8-12(2)20-18-17(16)13(3)22-27-18/h8-9H,5-7,10-11H2,1-4H3. The van der Waals surface area contributed by atoms with Gasteiger partial charge in [0, 0.05) is 18.8 Å². The lowest BCUT2D eigenvalue weighted by Gasteiger charge is -2.28. The van der Waals surface area contributed by atoms with Gasteiger partial charge in [-0.15, -0.1) is 0 Å². The largest absolute Gasteiger partial charge is 0.336 e. The van der Waals surface area contributed by atoms with Crippen molar-refractivity contribution in [2.45, 2.75) is 40.4 Å². The molecule has 0 saturated carbocycles. The number of carbonyl (C=O) groups is 1. The van der Waals surface area contributed by atoms with Crippen LogP contribution in [0.3, 0.4) is 0 Å². The fourth-order valence-corrected chi connectivity index (χ4v) is 3.52. The van der Waals surface area contributed by atoms with E-state index in [4.69, 9.17) is 4.52 Å². The minimum absolute atomic E-state index is 0.0172. The first kappa shape index (κ1) is 17.7. The quantitative estimate of drug-likeness (QED) is 0.702. The molecule has 8 nitrogen and oxygen atoms in total. The van der Waals surface area contributed by atoms with E-state index in [0.717, 1.165) is 30.2 Å². The van der Waals surface area contributed by atoms with Gasteiger partial charge >= 0.3 is 0 Å². The summed E-state index contributed by atoms with van der Waals surface area (Å²) in [5.41, 5.74) is 4.57. The molecule has 0 aromatic carbocycles. The highest BCUT2D eigenvalue weighted by Crippen LogP contribution is 2.25. The summed E-state index contributed by atoms with van der Waals surface area (Å²) >= 11 is 0. The fourth-order valence-electron chi connectivity index (χ4n) is 3.52. The molecular formula is C19H24N6O2.